The first-order valence-corrected chi connectivity index (χ1v) is 8.38. The molecule has 1 unspecified atom stereocenters. The van der Waals surface area contributed by atoms with Gasteiger partial charge in [0.05, 0.1) is 4.90 Å². The molecule has 1 aromatic rings. The van der Waals surface area contributed by atoms with Crippen LogP contribution >= 0.6 is 0 Å². The van der Waals surface area contributed by atoms with Crippen LogP contribution in [0, 0.1) is 0 Å². The summed E-state index contributed by atoms with van der Waals surface area (Å²) in [6.07, 6.45) is 1.71. The van der Waals surface area contributed by atoms with Gasteiger partial charge in [0.1, 0.15) is 6.54 Å². The van der Waals surface area contributed by atoms with Gasteiger partial charge < -0.3 is 10.0 Å². The highest BCUT2D eigenvalue weighted by Crippen LogP contribution is 2.14. The number of carboxylic acid groups (broad SMARTS) is 1. The largest absolute Gasteiger partial charge is 0.480 e. The van der Waals surface area contributed by atoms with Crippen LogP contribution in [0.2, 0.25) is 0 Å². The molecule has 1 aromatic carbocycles. The molecule has 0 bridgehead atoms. The van der Waals surface area contributed by atoms with E-state index < -0.39 is 21.7 Å². The highest BCUT2D eigenvalue weighted by atomic mass is 32.2. The lowest BCUT2D eigenvalue weighted by Crippen LogP contribution is -2.41. The highest BCUT2D eigenvalue weighted by Gasteiger charge is 2.23. The summed E-state index contributed by atoms with van der Waals surface area (Å²) in [5.74, 6) is -1.51. The molecule has 0 aliphatic rings. The topological polar surface area (TPSA) is 91.8 Å². The summed E-state index contributed by atoms with van der Waals surface area (Å²) in [4.78, 5) is 24.6. The second-order valence-corrected chi connectivity index (χ2v) is 6.90. The van der Waals surface area contributed by atoms with E-state index in [9.17, 15) is 18.0 Å². The van der Waals surface area contributed by atoms with Gasteiger partial charge >= 0.3 is 5.97 Å². The second kappa shape index (κ2) is 6.71. The Bertz CT molecular complexity index is 621. The number of carboxylic acids is 1. The molecule has 0 radical (unpaired) electrons. The first kappa shape index (κ1) is 17.2. The molecule has 1 rings (SSSR count). The molecule has 6 nitrogen and oxygen atoms in total. The minimum Gasteiger partial charge on any atom is -0.480 e. The lowest BCUT2D eigenvalue weighted by molar-refractivity contribution is -0.138. The number of aliphatic carboxylic acids is 1. The maximum atomic E-state index is 12.4. The molecule has 0 aromatic heterocycles. The molecule has 0 aliphatic heterocycles. The molecule has 0 saturated heterocycles. The molecule has 0 saturated carbocycles. The fourth-order valence-corrected chi connectivity index (χ4v) is 2.43. The summed E-state index contributed by atoms with van der Waals surface area (Å²) in [6.45, 7) is 3.24. The van der Waals surface area contributed by atoms with Crippen molar-refractivity contribution in [2.75, 3.05) is 12.8 Å². The van der Waals surface area contributed by atoms with E-state index in [1.807, 2.05) is 6.92 Å². The Balaban J connectivity index is 3.06. The molecule has 7 heteroatoms. The molecule has 1 atom stereocenters. The predicted octanol–water partition coefficient (Wildman–Crippen LogP) is 1.42. The third kappa shape index (κ3) is 4.56. The molecule has 1 N–H and O–H groups in total. The lowest BCUT2D eigenvalue weighted by Gasteiger charge is -2.27. The van der Waals surface area contributed by atoms with Crippen molar-refractivity contribution in [3.63, 3.8) is 0 Å². The Hall–Kier alpha value is -1.89. The minimum atomic E-state index is -3.32. The average Bonchev–Trinajstić information content (AvgIpc) is 2.42. The fraction of sp³-hybridized carbons (Fsp3) is 0.429. The van der Waals surface area contributed by atoms with Crippen LogP contribution in [0.4, 0.5) is 0 Å². The van der Waals surface area contributed by atoms with Crippen LogP contribution in [0.5, 0.6) is 0 Å². The number of carbonyl (C=O) groups excluding carboxylic acids is 1. The van der Waals surface area contributed by atoms with Crippen molar-refractivity contribution in [3.05, 3.63) is 29.8 Å². The highest BCUT2D eigenvalue weighted by molar-refractivity contribution is 7.90. The predicted molar refractivity (Wildman–Crippen MR) is 78.0 cm³/mol. The molecule has 0 spiro atoms. The molecule has 21 heavy (non-hydrogen) atoms. The summed E-state index contributed by atoms with van der Waals surface area (Å²) in [5, 5.41) is 8.90. The van der Waals surface area contributed by atoms with Crippen LogP contribution in [0.15, 0.2) is 29.2 Å². The third-order valence-electron chi connectivity index (χ3n) is 3.22. The normalized spacial score (nSPS) is 12.7. The molecular weight excluding hydrogens is 294 g/mol. The van der Waals surface area contributed by atoms with E-state index >= 15 is 0 Å². The number of benzene rings is 1. The molecule has 0 aliphatic carbocycles. The third-order valence-corrected chi connectivity index (χ3v) is 4.35. The van der Waals surface area contributed by atoms with E-state index in [0.717, 1.165) is 6.26 Å². The summed E-state index contributed by atoms with van der Waals surface area (Å²) in [7, 11) is -3.32. The van der Waals surface area contributed by atoms with Crippen molar-refractivity contribution in [1.29, 1.82) is 0 Å². The van der Waals surface area contributed by atoms with E-state index in [4.69, 9.17) is 5.11 Å². The Kier molecular flexibility index (Phi) is 5.48. The smallest absolute Gasteiger partial charge is 0.323 e. The number of carbonyl (C=O) groups is 2. The monoisotopic (exact) mass is 313 g/mol. The number of amides is 1. The van der Waals surface area contributed by atoms with Crippen molar-refractivity contribution < 1.29 is 23.1 Å². The van der Waals surface area contributed by atoms with Crippen LogP contribution in [-0.2, 0) is 14.6 Å². The first-order chi connectivity index (χ1) is 9.66. The van der Waals surface area contributed by atoms with E-state index in [1.165, 1.54) is 29.2 Å². The zero-order chi connectivity index (χ0) is 16.2. The van der Waals surface area contributed by atoms with Crippen LogP contribution in [0.3, 0.4) is 0 Å². The van der Waals surface area contributed by atoms with Crippen LogP contribution in [0.1, 0.15) is 30.6 Å². The summed E-state index contributed by atoms with van der Waals surface area (Å²) in [6, 6.07) is 5.27. The van der Waals surface area contributed by atoms with Gasteiger partial charge in [0, 0.05) is 17.9 Å². The quantitative estimate of drug-likeness (QED) is 0.857. The fourth-order valence-electron chi connectivity index (χ4n) is 1.80. The zero-order valence-electron chi connectivity index (χ0n) is 12.2. The van der Waals surface area contributed by atoms with Crippen molar-refractivity contribution in [2.24, 2.45) is 0 Å². The molecule has 0 heterocycles. The van der Waals surface area contributed by atoms with E-state index in [1.54, 1.807) is 6.92 Å². The zero-order valence-corrected chi connectivity index (χ0v) is 13.1. The summed E-state index contributed by atoms with van der Waals surface area (Å²) in [5.41, 5.74) is 0.268. The van der Waals surface area contributed by atoms with E-state index in [2.05, 4.69) is 0 Å². The van der Waals surface area contributed by atoms with E-state index in [0.29, 0.717) is 6.42 Å². The van der Waals surface area contributed by atoms with Gasteiger partial charge in [-0.25, -0.2) is 8.42 Å². The van der Waals surface area contributed by atoms with Crippen molar-refractivity contribution >= 4 is 21.7 Å². The summed E-state index contributed by atoms with van der Waals surface area (Å²) < 4.78 is 22.7. The Morgan fingerprint density at radius 1 is 1.24 bits per heavy atom. The number of hydrogen-bond donors (Lipinski definition) is 1. The van der Waals surface area contributed by atoms with Crippen molar-refractivity contribution in [2.45, 2.75) is 31.2 Å². The van der Waals surface area contributed by atoms with Crippen LogP contribution in [0.25, 0.3) is 0 Å². The average molecular weight is 313 g/mol. The van der Waals surface area contributed by atoms with Crippen LogP contribution in [-0.4, -0.2) is 49.1 Å². The maximum absolute atomic E-state index is 12.4. The maximum Gasteiger partial charge on any atom is 0.323 e. The minimum absolute atomic E-state index is 0.118. The molecule has 116 valence electrons. The van der Waals surface area contributed by atoms with Gasteiger partial charge in [0.25, 0.3) is 5.91 Å². The number of nitrogens with zero attached hydrogens (tertiary/aromatic N) is 1. The van der Waals surface area contributed by atoms with Gasteiger partial charge in [-0.05, 0) is 37.6 Å². The second-order valence-electron chi connectivity index (χ2n) is 4.88. The van der Waals surface area contributed by atoms with Gasteiger partial charge in [0.15, 0.2) is 9.84 Å². The van der Waals surface area contributed by atoms with Crippen molar-refractivity contribution in [3.8, 4) is 0 Å². The summed E-state index contributed by atoms with van der Waals surface area (Å²) >= 11 is 0. The standard InChI is InChI=1S/C14H19NO5S/c1-4-10(2)15(9-13(16)17)14(18)11-5-7-12(8-6-11)21(3,19)20/h5-8,10H,4,9H2,1-3H3,(H,16,17). The SMILES string of the molecule is CCC(C)N(CC(=O)O)C(=O)c1ccc(S(C)(=O)=O)cc1. The Morgan fingerprint density at radius 2 is 1.76 bits per heavy atom. The Labute approximate surface area is 124 Å². The number of rotatable bonds is 6. The molecular formula is C14H19NO5S. The molecule has 0 fully saturated rings. The van der Waals surface area contributed by atoms with Gasteiger partial charge in [-0.2, -0.15) is 0 Å². The first-order valence-electron chi connectivity index (χ1n) is 6.49. The van der Waals surface area contributed by atoms with Gasteiger partial charge in [-0.1, -0.05) is 6.92 Å². The van der Waals surface area contributed by atoms with Gasteiger partial charge in [0.2, 0.25) is 0 Å². The van der Waals surface area contributed by atoms with Gasteiger partial charge in [-0.15, -0.1) is 0 Å². The van der Waals surface area contributed by atoms with Crippen molar-refractivity contribution in [1.82, 2.24) is 4.90 Å². The molecule has 1 amide bonds. The number of hydrogen-bond acceptors (Lipinski definition) is 4. The lowest BCUT2D eigenvalue weighted by atomic mass is 10.1. The van der Waals surface area contributed by atoms with E-state index in [-0.39, 0.29) is 23.0 Å². The Morgan fingerprint density at radius 3 is 2.14 bits per heavy atom. The number of sulfone groups is 1. The van der Waals surface area contributed by atoms with Gasteiger partial charge in [-0.3, -0.25) is 9.59 Å². The van der Waals surface area contributed by atoms with Crippen LogP contribution < -0.4 is 0 Å².